The number of benzene rings is 2. The largest absolute Gasteiger partial charge is 0.281 e. The lowest BCUT2D eigenvalue weighted by Crippen LogP contribution is -2.15. The first kappa shape index (κ1) is 16.9. The van der Waals surface area contributed by atoms with Crippen molar-refractivity contribution in [1.82, 2.24) is 5.43 Å². The second-order valence-corrected chi connectivity index (χ2v) is 6.69. The second-order valence-electron chi connectivity index (χ2n) is 5.44. The van der Waals surface area contributed by atoms with Crippen LogP contribution in [-0.2, 0) is 0 Å². The van der Waals surface area contributed by atoms with Gasteiger partial charge in [0.25, 0.3) is 5.91 Å². The first-order valence-electron chi connectivity index (χ1n) is 7.95. The highest BCUT2D eigenvalue weighted by molar-refractivity contribution is 7.14. The number of thiophene rings is 1. The summed E-state index contributed by atoms with van der Waals surface area (Å²) >= 11 is 1.47. The molecule has 0 aliphatic heterocycles. The first-order chi connectivity index (χ1) is 12.2. The van der Waals surface area contributed by atoms with E-state index in [2.05, 4.69) is 10.5 Å². The van der Waals surface area contributed by atoms with Gasteiger partial charge in [0, 0.05) is 11.1 Å². The zero-order valence-corrected chi connectivity index (χ0v) is 14.7. The number of nitrogens with one attached hydrogen (secondary N) is 1. The molecule has 0 aliphatic carbocycles. The Morgan fingerprint density at radius 2 is 1.72 bits per heavy atom. The molecule has 124 valence electrons. The minimum atomic E-state index is -0.195. The van der Waals surface area contributed by atoms with Gasteiger partial charge in [0.15, 0.2) is 0 Å². The van der Waals surface area contributed by atoms with E-state index in [-0.39, 0.29) is 5.91 Å². The molecule has 1 N–H and O–H groups in total. The first-order valence-corrected chi connectivity index (χ1v) is 8.76. The number of nitrogens with zero attached hydrogens (tertiary/aromatic N) is 1. The third-order valence-corrected chi connectivity index (χ3v) is 4.69. The number of aryl methyl sites for hydroxylation is 1. The number of hydrogen-bond acceptors (Lipinski definition) is 3. The highest BCUT2D eigenvalue weighted by Gasteiger charge is 2.12. The maximum atomic E-state index is 12.2. The van der Waals surface area contributed by atoms with Gasteiger partial charge >= 0.3 is 0 Å². The van der Waals surface area contributed by atoms with E-state index in [0.717, 1.165) is 21.6 Å². The standard InChI is InChI=1S/C21H18N2OS/c1-16-19(18-12-6-3-7-13-18)15-20(25-16)21(24)23-22-14-8-11-17-9-4-2-5-10-17/h2-15H,1H3,(H,23,24)/b11-8-,22-14?. The van der Waals surface area contributed by atoms with Gasteiger partial charge in [-0.3, -0.25) is 4.79 Å². The molecule has 1 heterocycles. The fourth-order valence-corrected chi connectivity index (χ4v) is 3.34. The smallest absolute Gasteiger partial charge is 0.266 e. The Morgan fingerprint density at radius 1 is 1.04 bits per heavy atom. The van der Waals surface area contributed by atoms with Crippen LogP contribution in [0.5, 0.6) is 0 Å². The molecule has 0 unspecified atom stereocenters. The lowest BCUT2D eigenvalue weighted by atomic mass is 10.1. The van der Waals surface area contributed by atoms with E-state index in [9.17, 15) is 4.79 Å². The predicted molar refractivity (Wildman–Crippen MR) is 106 cm³/mol. The van der Waals surface area contributed by atoms with Crippen LogP contribution in [0.4, 0.5) is 0 Å². The number of hydrazone groups is 1. The molecule has 0 saturated heterocycles. The summed E-state index contributed by atoms with van der Waals surface area (Å²) in [5.41, 5.74) is 5.85. The summed E-state index contributed by atoms with van der Waals surface area (Å²) < 4.78 is 0. The molecule has 0 atom stereocenters. The van der Waals surface area contributed by atoms with Gasteiger partial charge in [0.05, 0.1) is 4.88 Å². The van der Waals surface area contributed by atoms with Crippen LogP contribution in [0.1, 0.15) is 20.1 Å². The number of carbonyl (C=O) groups is 1. The van der Waals surface area contributed by atoms with Crippen LogP contribution >= 0.6 is 11.3 Å². The Kier molecular flexibility index (Phi) is 5.54. The fourth-order valence-electron chi connectivity index (χ4n) is 2.41. The van der Waals surface area contributed by atoms with E-state index in [1.807, 2.05) is 79.7 Å². The van der Waals surface area contributed by atoms with Gasteiger partial charge in [-0.05, 0) is 35.8 Å². The molecule has 3 aromatic rings. The summed E-state index contributed by atoms with van der Waals surface area (Å²) in [6, 6.07) is 21.9. The van der Waals surface area contributed by atoms with Crippen LogP contribution in [0.3, 0.4) is 0 Å². The molecule has 2 aromatic carbocycles. The van der Waals surface area contributed by atoms with Gasteiger partial charge in [0.2, 0.25) is 0 Å². The topological polar surface area (TPSA) is 41.5 Å². The molecule has 0 radical (unpaired) electrons. The molecule has 3 nitrogen and oxygen atoms in total. The normalized spacial score (nSPS) is 11.2. The molecule has 0 fully saturated rings. The van der Waals surface area contributed by atoms with Crippen molar-refractivity contribution < 1.29 is 4.79 Å². The van der Waals surface area contributed by atoms with Crippen molar-refractivity contribution in [3.8, 4) is 11.1 Å². The Balaban J connectivity index is 1.62. The predicted octanol–water partition coefficient (Wildman–Crippen LogP) is 5.15. The molecule has 25 heavy (non-hydrogen) atoms. The minimum Gasteiger partial charge on any atom is -0.266 e. The summed E-state index contributed by atoms with van der Waals surface area (Å²) in [4.78, 5) is 14.0. The molecule has 0 spiro atoms. The van der Waals surface area contributed by atoms with Crippen LogP contribution in [0.2, 0.25) is 0 Å². The maximum absolute atomic E-state index is 12.2. The van der Waals surface area contributed by atoms with Gasteiger partial charge in [-0.15, -0.1) is 11.3 Å². The van der Waals surface area contributed by atoms with Crippen LogP contribution in [0.25, 0.3) is 17.2 Å². The van der Waals surface area contributed by atoms with Crippen LogP contribution < -0.4 is 5.43 Å². The lowest BCUT2D eigenvalue weighted by molar-refractivity contribution is 0.0959. The van der Waals surface area contributed by atoms with Crippen LogP contribution in [0, 0.1) is 6.92 Å². The third-order valence-electron chi connectivity index (χ3n) is 3.64. The molecule has 4 heteroatoms. The Hall–Kier alpha value is -2.98. The second kappa shape index (κ2) is 8.22. The van der Waals surface area contributed by atoms with E-state index in [1.54, 1.807) is 12.3 Å². The van der Waals surface area contributed by atoms with Crippen molar-refractivity contribution in [2.75, 3.05) is 0 Å². The summed E-state index contributed by atoms with van der Waals surface area (Å²) in [6.45, 7) is 2.02. The van der Waals surface area contributed by atoms with Gasteiger partial charge < -0.3 is 0 Å². The van der Waals surface area contributed by atoms with E-state index in [1.165, 1.54) is 11.3 Å². The van der Waals surface area contributed by atoms with Gasteiger partial charge in [0.1, 0.15) is 0 Å². The van der Waals surface area contributed by atoms with E-state index in [4.69, 9.17) is 0 Å². The van der Waals surface area contributed by atoms with Crippen molar-refractivity contribution >= 4 is 29.5 Å². The molecule has 0 bridgehead atoms. The van der Waals surface area contributed by atoms with E-state index >= 15 is 0 Å². The maximum Gasteiger partial charge on any atom is 0.281 e. The number of hydrogen-bond donors (Lipinski definition) is 1. The Labute approximate surface area is 151 Å². The summed E-state index contributed by atoms with van der Waals surface area (Å²) in [5, 5.41) is 3.97. The van der Waals surface area contributed by atoms with Crippen molar-refractivity contribution in [2.45, 2.75) is 6.92 Å². The van der Waals surface area contributed by atoms with E-state index < -0.39 is 0 Å². The van der Waals surface area contributed by atoms with Crippen LogP contribution in [-0.4, -0.2) is 12.1 Å². The van der Waals surface area contributed by atoms with Gasteiger partial charge in [-0.2, -0.15) is 5.10 Å². The fraction of sp³-hybridized carbons (Fsp3) is 0.0476. The van der Waals surface area contributed by atoms with Crippen molar-refractivity contribution in [1.29, 1.82) is 0 Å². The Morgan fingerprint density at radius 3 is 2.44 bits per heavy atom. The number of rotatable bonds is 5. The van der Waals surface area contributed by atoms with E-state index in [0.29, 0.717) is 4.88 Å². The molecule has 1 aromatic heterocycles. The zero-order chi connectivity index (χ0) is 17.5. The third kappa shape index (κ3) is 4.52. The Bertz CT molecular complexity index is 896. The average molecular weight is 346 g/mol. The van der Waals surface area contributed by atoms with Gasteiger partial charge in [-0.25, -0.2) is 5.43 Å². The quantitative estimate of drug-likeness (QED) is 0.503. The molecule has 3 rings (SSSR count). The van der Waals surface area contributed by atoms with Crippen molar-refractivity contribution in [3.05, 3.63) is 88.1 Å². The molecule has 1 amide bonds. The van der Waals surface area contributed by atoms with Crippen molar-refractivity contribution in [2.24, 2.45) is 5.10 Å². The van der Waals surface area contributed by atoms with Crippen molar-refractivity contribution in [3.63, 3.8) is 0 Å². The summed E-state index contributed by atoms with van der Waals surface area (Å²) in [6.07, 6.45) is 5.30. The summed E-state index contributed by atoms with van der Waals surface area (Å²) in [5.74, 6) is -0.195. The molecule has 0 aliphatic rings. The minimum absolute atomic E-state index is 0.195. The van der Waals surface area contributed by atoms with Gasteiger partial charge in [-0.1, -0.05) is 66.7 Å². The lowest BCUT2D eigenvalue weighted by Gasteiger charge is -1.98. The monoisotopic (exact) mass is 346 g/mol. The average Bonchev–Trinajstić information content (AvgIpc) is 3.05. The highest BCUT2D eigenvalue weighted by Crippen LogP contribution is 2.30. The zero-order valence-electron chi connectivity index (χ0n) is 13.8. The van der Waals surface area contributed by atoms with Crippen LogP contribution in [0.15, 0.2) is 77.9 Å². The number of carbonyl (C=O) groups excluding carboxylic acids is 1. The molecular formula is C21H18N2OS. The summed E-state index contributed by atoms with van der Waals surface area (Å²) in [7, 11) is 0. The SMILES string of the molecule is Cc1sc(C(=O)NN=C/C=C\c2ccccc2)cc1-c1ccccc1. The molecular weight excluding hydrogens is 328 g/mol. The number of allylic oxidation sites excluding steroid dienone is 1. The highest BCUT2D eigenvalue weighted by atomic mass is 32.1. The molecule has 0 saturated carbocycles. The number of amides is 1.